The first-order valence-electron chi connectivity index (χ1n) is 6.19. The normalized spacial score (nSPS) is 17.7. The first-order chi connectivity index (χ1) is 9.13. The number of nitrogens with zero attached hydrogens (tertiary/aromatic N) is 1. The summed E-state index contributed by atoms with van der Waals surface area (Å²) in [5.41, 5.74) is 5.53. The van der Waals surface area contributed by atoms with Crippen molar-refractivity contribution in [3.8, 4) is 0 Å². The Labute approximate surface area is 117 Å². The fourth-order valence-electron chi connectivity index (χ4n) is 1.96. The molecule has 1 aromatic heterocycles. The maximum Gasteiger partial charge on any atom is 0.241 e. The number of sulfonamides is 1. The molecule has 0 spiro atoms. The molecule has 1 aliphatic rings. The second-order valence-electron chi connectivity index (χ2n) is 4.26. The maximum absolute atomic E-state index is 12.1. The molecule has 0 aliphatic carbocycles. The summed E-state index contributed by atoms with van der Waals surface area (Å²) in [6, 6.07) is 1.60. The number of thiophene rings is 1. The van der Waals surface area contributed by atoms with Gasteiger partial charge in [-0.2, -0.15) is 0 Å². The molecule has 0 aromatic carbocycles. The Morgan fingerprint density at radius 1 is 1.42 bits per heavy atom. The van der Waals surface area contributed by atoms with E-state index in [0.717, 1.165) is 13.1 Å². The van der Waals surface area contributed by atoms with Crippen molar-refractivity contribution in [3.05, 3.63) is 16.3 Å². The SMILES string of the molecule is NCc1sccc1S(=O)(=O)NCCN1CCOCC1. The van der Waals surface area contributed by atoms with E-state index in [1.165, 1.54) is 11.3 Å². The summed E-state index contributed by atoms with van der Waals surface area (Å²) in [6.45, 7) is 4.50. The quantitative estimate of drug-likeness (QED) is 0.761. The van der Waals surface area contributed by atoms with Crippen LogP contribution in [-0.4, -0.2) is 52.7 Å². The smallest absolute Gasteiger partial charge is 0.241 e. The van der Waals surface area contributed by atoms with E-state index in [1.54, 1.807) is 11.4 Å². The minimum absolute atomic E-state index is 0.247. The molecule has 6 nitrogen and oxygen atoms in total. The average Bonchev–Trinajstić information content (AvgIpc) is 2.89. The van der Waals surface area contributed by atoms with Gasteiger partial charge in [0.2, 0.25) is 10.0 Å². The minimum Gasteiger partial charge on any atom is -0.379 e. The Bertz CT molecular complexity index is 495. The molecule has 19 heavy (non-hydrogen) atoms. The lowest BCUT2D eigenvalue weighted by atomic mass is 10.4. The number of nitrogens with two attached hydrogens (primary N) is 1. The Kier molecular flexibility index (Phi) is 5.31. The molecular weight excluding hydrogens is 286 g/mol. The minimum atomic E-state index is -3.44. The van der Waals surface area contributed by atoms with Gasteiger partial charge < -0.3 is 10.5 Å². The third kappa shape index (κ3) is 3.98. The molecule has 2 heterocycles. The summed E-state index contributed by atoms with van der Waals surface area (Å²) in [5.74, 6) is 0. The lowest BCUT2D eigenvalue weighted by Crippen LogP contribution is -2.41. The van der Waals surface area contributed by atoms with Crippen LogP contribution in [0.15, 0.2) is 16.3 Å². The van der Waals surface area contributed by atoms with Crippen LogP contribution in [0.2, 0.25) is 0 Å². The summed E-state index contributed by atoms with van der Waals surface area (Å²) in [5, 5.41) is 1.75. The van der Waals surface area contributed by atoms with Crippen LogP contribution in [0.3, 0.4) is 0 Å². The molecule has 2 rings (SSSR count). The zero-order chi connectivity index (χ0) is 13.7. The van der Waals surface area contributed by atoms with Crippen LogP contribution in [0.4, 0.5) is 0 Å². The lowest BCUT2D eigenvalue weighted by Gasteiger charge is -2.26. The molecule has 0 amide bonds. The Morgan fingerprint density at radius 2 is 2.16 bits per heavy atom. The number of hydrogen-bond acceptors (Lipinski definition) is 6. The molecule has 0 bridgehead atoms. The predicted molar refractivity (Wildman–Crippen MR) is 74.7 cm³/mol. The van der Waals surface area contributed by atoms with E-state index < -0.39 is 10.0 Å². The maximum atomic E-state index is 12.1. The zero-order valence-electron chi connectivity index (χ0n) is 10.7. The number of nitrogens with one attached hydrogen (secondary N) is 1. The number of morpholine rings is 1. The Balaban J connectivity index is 1.87. The standard InChI is InChI=1S/C11H19N3O3S2/c12-9-10-11(1-8-18-10)19(15,16)13-2-3-14-4-6-17-7-5-14/h1,8,13H,2-7,9,12H2. The molecule has 8 heteroatoms. The second kappa shape index (κ2) is 6.78. The van der Waals surface area contributed by atoms with Crippen molar-refractivity contribution in [1.82, 2.24) is 9.62 Å². The third-order valence-electron chi connectivity index (χ3n) is 3.00. The highest BCUT2D eigenvalue weighted by Gasteiger charge is 2.19. The first kappa shape index (κ1) is 14.9. The van der Waals surface area contributed by atoms with Crippen LogP contribution in [-0.2, 0) is 21.3 Å². The molecule has 1 fully saturated rings. The number of hydrogen-bond donors (Lipinski definition) is 2. The third-order valence-corrected chi connectivity index (χ3v) is 5.62. The largest absolute Gasteiger partial charge is 0.379 e. The van der Waals surface area contributed by atoms with Gasteiger partial charge in [-0.3, -0.25) is 4.90 Å². The van der Waals surface area contributed by atoms with Gasteiger partial charge in [0.15, 0.2) is 0 Å². The second-order valence-corrected chi connectivity index (χ2v) is 7.00. The molecule has 1 aliphatic heterocycles. The molecule has 0 unspecified atom stereocenters. The van der Waals surface area contributed by atoms with Gasteiger partial charge in [0.25, 0.3) is 0 Å². The van der Waals surface area contributed by atoms with Gasteiger partial charge in [-0.15, -0.1) is 11.3 Å². The molecule has 0 saturated carbocycles. The fraction of sp³-hybridized carbons (Fsp3) is 0.636. The van der Waals surface area contributed by atoms with Gasteiger partial charge in [-0.25, -0.2) is 13.1 Å². The molecular formula is C11H19N3O3S2. The summed E-state index contributed by atoms with van der Waals surface area (Å²) in [4.78, 5) is 3.18. The summed E-state index contributed by atoms with van der Waals surface area (Å²) in [6.07, 6.45) is 0. The first-order valence-corrected chi connectivity index (χ1v) is 8.56. The molecule has 3 N–H and O–H groups in total. The van der Waals surface area contributed by atoms with Crippen LogP contribution < -0.4 is 10.5 Å². The number of ether oxygens (including phenoxy) is 1. The van der Waals surface area contributed by atoms with Gasteiger partial charge >= 0.3 is 0 Å². The summed E-state index contributed by atoms with van der Waals surface area (Å²) < 4.78 is 32.1. The van der Waals surface area contributed by atoms with Crippen molar-refractivity contribution in [2.75, 3.05) is 39.4 Å². The van der Waals surface area contributed by atoms with E-state index in [-0.39, 0.29) is 6.54 Å². The molecule has 0 radical (unpaired) electrons. The van der Waals surface area contributed by atoms with Crippen LogP contribution in [0.5, 0.6) is 0 Å². The van der Waals surface area contributed by atoms with Crippen molar-refractivity contribution in [1.29, 1.82) is 0 Å². The molecule has 1 aromatic rings. The number of rotatable bonds is 6. The van der Waals surface area contributed by atoms with Gasteiger partial charge in [0.1, 0.15) is 0 Å². The van der Waals surface area contributed by atoms with E-state index in [1.807, 2.05) is 0 Å². The van der Waals surface area contributed by atoms with E-state index in [0.29, 0.717) is 36.1 Å². The topological polar surface area (TPSA) is 84.7 Å². The Hall–Kier alpha value is -0.510. The van der Waals surface area contributed by atoms with Crippen molar-refractivity contribution in [2.24, 2.45) is 5.73 Å². The molecule has 108 valence electrons. The van der Waals surface area contributed by atoms with Crippen LogP contribution in [0.25, 0.3) is 0 Å². The fourth-order valence-corrected chi connectivity index (χ4v) is 4.31. The van der Waals surface area contributed by atoms with Gasteiger partial charge in [0.05, 0.1) is 18.1 Å². The average molecular weight is 305 g/mol. The highest BCUT2D eigenvalue weighted by Crippen LogP contribution is 2.20. The van der Waals surface area contributed by atoms with Crippen LogP contribution in [0, 0.1) is 0 Å². The highest BCUT2D eigenvalue weighted by molar-refractivity contribution is 7.89. The Morgan fingerprint density at radius 3 is 2.84 bits per heavy atom. The lowest BCUT2D eigenvalue weighted by molar-refractivity contribution is 0.0390. The van der Waals surface area contributed by atoms with E-state index in [9.17, 15) is 8.42 Å². The monoisotopic (exact) mass is 305 g/mol. The van der Waals surface area contributed by atoms with Crippen molar-refractivity contribution in [3.63, 3.8) is 0 Å². The predicted octanol–water partition coefficient (Wildman–Crippen LogP) is -0.183. The molecule has 1 saturated heterocycles. The van der Waals surface area contributed by atoms with Crippen molar-refractivity contribution in [2.45, 2.75) is 11.4 Å². The highest BCUT2D eigenvalue weighted by atomic mass is 32.2. The molecule has 0 atom stereocenters. The van der Waals surface area contributed by atoms with E-state index in [2.05, 4.69) is 9.62 Å². The van der Waals surface area contributed by atoms with Crippen LogP contribution >= 0.6 is 11.3 Å². The summed E-state index contributed by atoms with van der Waals surface area (Å²) >= 11 is 1.37. The van der Waals surface area contributed by atoms with E-state index in [4.69, 9.17) is 10.5 Å². The van der Waals surface area contributed by atoms with Gasteiger partial charge in [-0.05, 0) is 11.4 Å². The van der Waals surface area contributed by atoms with Crippen LogP contribution in [0.1, 0.15) is 4.88 Å². The summed E-state index contributed by atoms with van der Waals surface area (Å²) in [7, 11) is -3.44. The van der Waals surface area contributed by atoms with E-state index >= 15 is 0 Å². The van der Waals surface area contributed by atoms with Crippen molar-refractivity contribution >= 4 is 21.4 Å². The van der Waals surface area contributed by atoms with Crippen molar-refractivity contribution < 1.29 is 13.2 Å². The zero-order valence-corrected chi connectivity index (χ0v) is 12.3. The van der Waals surface area contributed by atoms with Gasteiger partial charge in [0, 0.05) is 37.6 Å². The van der Waals surface area contributed by atoms with Gasteiger partial charge in [-0.1, -0.05) is 0 Å².